The Kier molecular flexibility index (Phi) is 5.63. The number of nitrogens with two attached hydrogens (primary N) is 1. The number of benzene rings is 2. The molecule has 1 heterocycles. The van der Waals surface area contributed by atoms with Gasteiger partial charge in [0.2, 0.25) is 5.91 Å². The molecular formula is C21H19N3O2S. The summed E-state index contributed by atoms with van der Waals surface area (Å²) in [7, 11) is 0. The first-order valence-corrected chi connectivity index (χ1v) is 9.50. The summed E-state index contributed by atoms with van der Waals surface area (Å²) in [6.45, 7) is 2.09. The van der Waals surface area contributed by atoms with E-state index in [9.17, 15) is 14.9 Å². The standard InChI is InChI=1S/C21H19N3O2S/c1-2-14-8-10-15(11-9-14)12-18-20(26)24(16-6-4-3-5-7-16)21(27-18)17(13-22)19(23)25/h3-11,18H,2,12H2,1H3,(H2,23,25)/b21-17-. The van der Waals surface area contributed by atoms with Crippen LogP contribution in [0.3, 0.4) is 0 Å². The second-order valence-corrected chi connectivity index (χ2v) is 7.34. The highest BCUT2D eigenvalue weighted by molar-refractivity contribution is 8.05. The van der Waals surface area contributed by atoms with Gasteiger partial charge in [0.25, 0.3) is 5.91 Å². The molecule has 0 spiro atoms. The van der Waals surface area contributed by atoms with Crippen molar-refractivity contribution in [2.24, 2.45) is 5.73 Å². The Hall–Kier alpha value is -3.04. The van der Waals surface area contributed by atoms with E-state index >= 15 is 0 Å². The lowest BCUT2D eigenvalue weighted by atomic mass is 10.1. The number of thioether (sulfide) groups is 1. The highest BCUT2D eigenvalue weighted by atomic mass is 32.2. The van der Waals surface area contributed by atoms with Crippen molar-refractivity contribution in [3.05, 3.63) is 76.3 Å². The van der Waals surface area contributed by atoms with E-state index in [2.05, 4.69) is 19.1 Å². The van der Waals surface area contributed by atoms with E-state index in [0.717, 1.165) is 12.0 Å². The molecule has 136 valence electrons. The fourth-order valence-corrected chi connectivity index (χ4v) is 4.25. The van der Waals surface area contributed by atoms with E-state index in [1.807, 2.05) is 24.3 Å². The van der Waals surface area contributed by atoms with Crippen LogP contribution in [0.5, 0.6) is 0 Å². The van der Waals surface area contributed by atoms with Crippen molar-refractivity contribution in [2.45, 2.75) is 25.0 Å². The Morgan fingerprint density at radius 3 is 2.33 bits per heavy atom. The van der Waals surface area contributed by atoms with Crippen LogP contribution in [-0.2, 0) is 22.4 Å². The summed E-state index contributed by atoms with van der Waals surface area (Å²) >= 11 is 1.22. The molecule has 1 atom stereocenters. The maximum absolute atomic E-state index is 13.1. The van der Waals surface area contributed by atoms with Crippen LogP contribution < -0.4 is 10.6 Å². The topological polar surface area (TPSA) is 87.2 Å². The molecule has 2 N–H and O–H groups in total. The molecule has 6 heteroatoms. The minimum atomic E-state index is -0.832. The van der Waals surface area contributed by atoms with Gasteiger partial charge in [0.15, 0.2) is 0 Å². The molecule has 27 heavy (non-hydrogen) atoms. The Morgan fingerprint density at radius 1 is 1.15 bits per heavy atom. The molecule has 1 aliphatic heterocycles. The van der Waals surface area contributed by atoms with Crippen molar-refractivity contribution in [1.29, 1.82) is 5.26 Å². The summed E-state index contributed by atoms with van der Waals surface area (Å²) in [4.78, 5) is 26.3. The molecule has 1 saturated heterocycles. The number of amides is 2. The van der Waals surface area contributed by atoms with Crippen molar-refractivity contribution < 1.29 is 9.59 Å². The average Bonchev–Trinajstić information content (AvgIpc) is 2.99. The first kappa shape index (κ1) is 18.7. The van der Waals surface area contributed by atoms with Gasteiger partial charge in [0.05, 0.1) is 5.25 Å². The van der Waals surface area contributed by atoms with Crippen molar-refractivity contribution in [1.82, 2.24) is 0 Å². The zero-order chi connectivity index (χ0) is 19.4. The van der Waals surface area contributed by atoms with Crippen LogP contribution in [0.25, 0.3) is 0 Å². The lowest BCUT2D eigenvalue weighted by Gasteiger charge is -2.18. The number of nitriles is 1. The Bertz CT molecular complexity index is 930. The second kappa shape index (κ2) is 8.11. The third kappa shape index (κ3) is 3.88. The van der Waals surface area contributed by atoms with Crippen molar-refractivity contribution in [2.75, 3.05) is 4.90 Å². The summed E-state index contributed by atoms with van der Waals surface area (Å²) in [6.07, 6.45) is 1.47. The molecule has 1 fully saturated rings. The fraction of sp³-hybridized carbons (Fsp3) is 0.190. The molecule has 2 aromatic rings. The van der Waals surface area contributed by atoms with E-state index in [4.69, 9.17) is 5.73 Å². The van der Waals surface area contributed by atoms with E-state index in [1.165, 1.54) is 22.2 Å². The van der Waals surface area contributed by atoms with Crippen LogP contribution in [-0.4, -0.2) is 17.1 Å². The van der Waals surface area contributed by atoms with E-state index < -0.39 is 11.2 Å². The molecule has 1 aliphatic rings. The van der Waals surface area contributed by atoms with Gasteiger partial charge >= 0.3 is 0 Å². The Morgan fingerprint density at radius 2 is 1.78 bits per heavy atom. The highest BCUT2D eigenvalue weighted by Crippen LogP contribution is 2.41. The Balaban J connectivity index is 1.97. The van der Waals surface area contributed by atoms with Gasteiger partial charge in [-0.25, -0.2) is 0 Å². The quantitative estimate of drug-likeness (QED) is 0.640. The summed E-state index contributed by atoms with van der Waals surface area (Å²) in [5.74, 6) is -0.989. The minimum Gasteiger partial charge on any atom is -0.365 e. The van der Waals surface area contributed by atoms with Gasteiger partial charge in [-0.1, -0.05) is 61.2 Å². The number of carbonyl (C=O) groups excluding carboxylic acids is 2. The third-order valence-electron chi connectivity index (χ3n) is 4.39. The zero-order valence-electron chi connectivity index (χ0n) is 14.9. The highest BCUT2D eigenvalue weighted by Gasteiger charge is 2.40. The van der Waals surface area contributed by atoms with Crippen LogP contribution in [0.2, 0.25) is 0 Å². The number of para-hydroxylation sites is 1. The van der Waals surface area contributed by atoms with Crippen LogP contribution in [0.1, 0.15) is 18.1 Å². The lowest BCUT2D eigenvalue weighted by Crippen LogP contribution is -2.31. The molecular weight excluding hydrogens is 358 g/mol. The SMILES string of the molecule is CCc1ccc(CC2S/C(=C(/C#N)C(N)=O)N(c3ccccc3)C2=O)cc1. The molecule has 0 saturated carbocycles. The van der Waals surface area contributed by atoms with Crippen molar-refractivity contribution in [3.8, 4) is 6.07 Å². The fourth-order valence-electron chi connectivity index (χ4n) is 2.94. The van der Waals surface area contributed by atoms with Gasteiger partial charge in [-0.05, 0) is 36.1 Å². The Labute approximate surface area is 162 Å². The first-order chi connectivity index (χ1) is 13.0. The van der Waals surface area contributed by atoms with Gasteiger partial charge in [-0.15, -0.1) is 0 Å². The molecule has 2 aromatic carbocycles. The number of aryl methyl sites for hydroxylation is 1. The van der Waals surface area contributed by atoms with Gasteiger partial charge in [-0.2, -0.15) is 5.26 Å². The second-order valence-electron chi connectivity index (χ2n) is 6.15. The third-order valence-corrected chi connectivity index (χ3v) is 5.65. The number of hydrogen-bond acceptors (Lipinski definition) is 4. The molecule has 0 radical (unpaired) electrons. The number of nitrogens with zero attached hydrogens (tertiary/aromatic N) is 2. The van der Waals surface area contributed by atoms with Crippen LogP contribution >= 0.6 is 11.8 Å². The summed E-state index contributed by atoms with van der Waals surface area (Å²) in [5.41, 5.74) is 8.06. The first-order valence-electron chi connectivity index (χ1n) is 8.62. The van der Waals surface area contributed by atoms with E-state index in [-0.39, 0.29) is 11.5 Å². The lowest BCUT2D eigenvalue weighted by molar-refractivity contribution is -0.117. The largest absolute Gasteiger partial charge is 0.365 e. The van der Waals surface area contributed by atoms with Gasteiger partial charge in [0.1, 0.15) is 16.7 Å². The van der Waals surface area contributed by atoms with Crippen LogP contribution in [0, 0.1) is 11.3 Å². The molecule has 3 rings (SSSR count). The normalized spacial score (nSPS) is 18.3. The molecule has 0 aliphatic carbocycles. The maximum Gasteiger partial charge on any atom is 0.262 e. The minimum absolute atomic E-state index is 0.158. The predicted octanol–water partition coefficient (Wildman–Crippen LogP) is 3.16. The monoisotopic (exact) mass is 377 g/mol. The zero-order valence-corrected chi connectivity index (χ0v) is 15.7. The summed E-state index contributed by atoms with van der Waals surface area (Å²) in [6, 6.07) is 19.0. The predicted molar refractivity (Wildman–Crippen MR) is 107 cm³/mol. The molecule has 2 amide bonds. The van der Waals surface area contributed by atoms with E-state index in [0.29, 0.717) is 17.1 Å². The molecule has 5 nitrogen and oxygen atoms in total. The smallest absolute Gasteiger partial charge is 0.262 e. The van der Waals surface area contributed by atoms with Crippen LogP contribution in [0.4, 0.5) is 5.69 Å². The molecule has 0 aromatic heterocycles. The number of rotatable bonds is 5. The average molecular weight is 377 g/mol. The van der Waals surface area contributed by atoms with Crippen molar-refractivity contribution in [3.63, 3.8) is 0 Å². The summed E-state index contributed by atoms with van der Waals surface area (Å²) in [5, 5.41) is 9.26. The van der Waals surface area contributed by atoms with Gasteiger partial charge in [0, 0.05) is 5.69 Å². The van der Waals surface area contributed by atoms with Gasteiger partial charge < -0.3 is 5.73 Å². The van der Waals surface area contributed by atoms with Crippen molar-refractivity contribution >= 4 is 29.3 Å². The number of primary amides is 1. The number of hydrogen-bond donors (Lipinski definition) is 1. The maximum atomic E-state index is 13.1. The van der Waals surface area contributed by atoms with E-state index in [1.54, 1.807) is 24.3 Å². The molecule has 0 bridgehead atoms. The van der Waals surface area contributed by atoms with Gasteiger partial charge in [-0.3, -0.25) is 14.5 Å². The molecule has 1 unspecified atom stereocenters. The number of carbonyl (C=O) groups is 2. The van der Waals surface area contributed by atoms with Crippen LogP contribution in [0.15, 0.2) is 65.2 Å². The summed E-state index contributed by atoms with van der Waals surface area (Å²) < 4.78 is 0. The number of anilines is 1.